The van der Waals surface area contributed by atoms with Crippen molar-refractivity contribution in [2.75, 3.05) is 0 Å². The number of allylic oxidation sites excluding steroid dienone is 1. The van der Waals surface area contributed by atoms with Gasteiger partial charge in [-0.2, -0.15) is 11.1 Å². The van der Waals surface area contributed by atoms with Crippen molar-refractivity contribution in [2.24, 2.45) is 0 Å². The summed E-state index contributed by atoms with van der Waals surface area (Å²) in [7, 11) is 0. The summed E-state index contributed by atoms with van der Waals surface area (Å²) in [5.41, 5.74) is 16.0. The van der Waals surface area contributed by atoms with Gasteiger partial charge in [0.1, 0.15) is 6.17 Å². The summed E-state index contributed by atoms with van der Waals surface area (Å²) >= 11 is 0. The van der Waals surface area contributed by atoms with Crippen molar-refractivity contribution in [3.05, 3.63) is 82.0 Å². The molecule has 4 N–H and O–H groups in total. The highest BCUT2D eigenvalue weighted by Crippen LogP contribution is 2.28. The molecule has 1 aliphatic rings. The molecule has 1 aromatic heterocycles. The first kappa shape index (κ1) is 22.2. The maximum Gasteiger partial charge on any atom is 0.347 e. The van der Waals surface area contributed by atoms with Crippen LogP contribution in [0.15, 0.2) is 59.4 Å². The van der Waals surface area contributed by atoms with Crippen LogP contribution in [0.2, 0.25) is 0 Å². The normalized spacial score (nSPS) is 15.1. The Kier molecular flexibility index (Phi) is 6.38. The molecule has 0 unspecified atom stereocenters. The Morgan fingerprint density at radius 3 is 2.38 bits per heavy atom. The molecule has 168 valence electrons. The quantitative estimate of drug-likeness (QED) is 0.478. The fourth-order valence-corrected chi connectivity index (χ4v) is 3.74. The van der Waals surface area contributed by atoms with E-state index in [2.05, 4.69) is 70.3 Å². The zero-order valence-corrected chi connectivity index (χ0v) is 19.0. The lowest BCUT2D eigenvalue weighted by Crippen LogP contribution is -2.35. The Balaban J connectivity index is 1.64. The van der Waals surface area contributed by atoms with E-state index in [1.807, 2.05) is 45.1 Å². The Labute approximate surface area is 188 Å². The van der Waals surface area contributed by atoms with Gasteiger partial charge in [-0.05, 0) is 55.5 Å². The number of nitrogens with zero attached hydrogens (tertiary/aromatic N) is 3. The first-order chi connectivity index (χ1) is 15.4. The summed E-state index contributed by atoms with van der Waals surface area (Å²) in [6, 6.07) is 16.6. The molecule has 8 heteroatoms. The molecule has 4 rings (SSSR count). The lowest BCUT2D eigenvalue weighted by Gasteiger charge is -2.17. The highest BCUT2D eigenvalue weighted by atomic mass is 16.2. The molecule has 1 saturated heterocycles. The molecule has 2 heterocycles. The van der Waals surface area contributed by atoms with E-state index in [4.69, 9.17) is 0 Å². The van der Waals surface area contributed by atoms with Gasteiger partial charge in [0.15, 0.2) is 5.82 Å². The van der Waals surface area contributed by atoms with Crippen molar-refractivity contribution in [2.45, 2.75) is 52.4 Å². The van der Waals surface area contributed by atoms with E-state index in [-0.39, 0.29) is 17.4 Å². The lowest BCUT2D eigenvalue weighted by molar-refractivity contribution is 0.340. The van der Waals surface area contributed by atoms with Crippen LogP contribution in [0.25, 0.3) is 17.2 Å². The number of rotatable bonds is 6. The molecule has 2 aromatic carbocycles. The Morgan fingerprint density at radius 1 is 1.03 bits per heavy atom. The zero-order chi connectivity index (χ0) is 22.7. The van der Waals surface area contributed by atoms with Crippen LogP contribution >= 0.6 is 0 Å². The van der Waals surface area contributed by atoms with Gasteiger partial charge in [-0.15, -0.1) is 5.10 Å². The smallest absolute Gasteiger partial charge is 0.271 e. The third-order valence-corrected chi connectivity index (χ3v) is 5.40. The Bertz CT molecular complexity index is 1150. The van der Waals surface area contributed by atoms with Crippen molar-refractivity contribution in [3.8, 4) is 11.1 Å². The van der Waals surface area contributed by atoms with Crippen LogP contribution in [-0.2, 0) is 12.1 Å². The van der Waals surface area contributed by atoms with Gasteiger partial charge in [0.2, 0.25) is 0 Å². The van der Waals surface area contributed by atoms with Crippen LogP contribution in [0.5, 0.6) is 0 Å². The number of nitrogens with one attached hydrogen (secondary N) is 4. The summed E-state index contributed by atoms with van der Waals surface area (Å²) < 4.78 is 3.31. The first-order valence-electron chi connectivity index (χ1n) is 10.9. The zero-order valence-electron chi connectivity index (χ0n) is 19.0. The summed E-state index contributed by atoms with van der Waals surface area (Å²) in [5.74, 6) is 0.680. The van der Waals surface area contributed by atoms with Gasteiger partial charge in [-0.1, -0.05) is 61.5 Å². The number of aromatic nitrogens is 3. The summed E-state index contributed by atoms with van der Waals surface area (Å²) in [6.45, 7) is 8.51. The third-order valence-electron chi connectivity index (χ3n) is 5.40. The van der Waals surface area contributed by atoms with E-state index in [1.165, 1.54) is 0 Å². The number of hydrogen-bond donors (Lipinski definition) is 4. The third kappa shape index (κ3) is 4.58. The van der Waals surface area contributed by atoms with Gasteiger partial charge >= 0.3 is 5.69 Å². The predicted molar refractivity (Wildman–Crippen MR) is 127 cm³/mol. The van der Waals surface area contributed by atoms with Gasteiger partial charge in [0, 0.05) is 0 Å². The molecule has 0 radical (unpaired) electrons. The average Bonchev–Trinajstić information content (AvgIpc) is 3.42. The Hall–Kier alpha value is -3.04. The minimum Gasteiger partial charge on any atom is -0.271 e. The molecule has 8 nitrogen and oxygen atoms in total. The topological polar surface area (TPSA) is 87.9 Å². The molecular weight excluding hydrogens is 402 g/mol. The molecule has 0 spiro atoms. The molecule has 3 aromatic rings. The highest BCUT2D eigenvalue weighted by Gasteiger charge is 2.22. The van der Waals surface area contributed by atoms with Crippen molar-refractivity contribution in [1.82, 2.24) is 36.3 Å². The van der Waals surface area contributed by atoms with Gasteiger partial charge in [0.25, 0.3) is 0 Å². The van der Waals surface area contributed by atoms with E-state index in [9.17, 15) is 4.79 Å². The monoisotopic (exact) mass is 433 g/mol. The summed E-state index contributed by atoms with van der Waals surface area (Å²) in [5, 5.41) is 4.59. The van der Waals surface area contributed by atoms with Gasteiger partial charge in [0.05, 0.1) is 12.1 Å². The van der Waals surface area contributed by atoms with Crippen LogP contribution in [0.1, 0.15) is 57.2 Å². The average molecular weight is 434 g/mol. The standard InChI is InChI=1S/C24H31N7O/c1-5-6-11-21-27-31(24(2,3)4)23(32)30(21)16-17-12-14-18(15-13-17)19-9-7-8-10-20(19)22-25-28-29-26-22/h6-15,22,25-26,28-29H,5,16H2,1-4H3/b11-6+. The summed E-state index contributed by atoms with van der Waals surface area (Å²) in [4.78, 5) is 13.1. The summed E-state index contributed by atoms with van der Waals surface area (Å²) in [6.07, 6.45) is 4.80. The largest absolute Gasteiger partial charge is 0.347 e. The molecule has 0 saturated carbocycles. The number of hydrogen-bond acceptors (Lipinski definition) is 6. The molecule has 1 aliphatic heterocycles. The van der Waals surface area contributed by atoms with Gasteiger partial charge < -0.3 is 0 Å². The van der Waals surface area contributed by atoms with Gasteiger partial charge in [-0.25, -0.2) is 20.3 Å². The minimum absolute atomic E-state index is 0.0411. The van der Waals surface area contributed by atoms with E-state index >= 15 is 0 Å². The van der Waals surface area contributed by atoms with Gasteiger partial charge in [-0.3, -0.25) is 4.57 Å². The van der Waals surface area contributed by atoms with E-state index in [0.29, 0.717) is 12.4 Å². The molecule has 0 amide bonds. The van der Waals surface area contributed by atoms with E-state index in [1.54, 1.807) is 9.25 Å². The molecular formula is C24H31N7O. The fourth-order valence-electron chi connectivity index (χ4n) is 3.74. The van der Waals surface area contributed by atoms with Crippen molar-refractivity contribution in [1.29, 1.82) is 0 Å². The molecule has 0 atom stereocenters. The van der Waals surface area contributed by atoms with Crippen LogP contribution in [-0.4, -0.2) is 14.3 Å². The van der Waals surface area contributed by atoms with Crippen LogP contribution in [0.4, 0.5) is 0 Å². The lowest BCUT2D eigenvalue weighted by atomic mass is 9.97. The molecule has 1 fully saturated rings. The second-order valence-corrected chi connectivity index (χ2v) is 8.88. The number of benzene rings is 2. The van der Waals surface area contributed by atoms with Crippen LogP contribution in [0, 0.1) is 0 Å². The second-order valence-electron chi connectivity index (χ2n) is 8.88. The predicted octanol–water partition coefficient (Wildman–Crippen LogP) is 3.05. The maximum absolute atomic E-state index is 13.1. The fraction of sp³-hybridized carbons (Fsp3) is 0.333. The maximum atomic E-state index is 13.1. The van der Waals surface area contributed by atoms with E-state index < -0.39 is 0 Å². The molecule has 0 aliphatic carbocycles. The molecule has 32 heavy (non-hydrogen) atoms. The van der Waals surface area contributed by atoms with Crippen LogP contribution < -0.4 is 27.6 Å². The van der Waals surface area contributed by atoms with Crippen molar-refractivity contribution in [3.63, 3.8) is 0 Å². The first-order valence-corrected chi connectivity index (χ1v) is 10.9. The van der Waals surface area contributed by atoms with Crippen LogP contribution in [0.3, 0.4) is 0 Å². The second kappa shape index (κ2) is 9.22. The van der Waals surface area contributed by atoms with E-state index in [0.717, 1.165) is 28.7 Å². The van der Waals surface area contributed by atoms with Crippen molar-refractivity contribution >= 4 is 6.08 Å². The van der Waals surface area contributed by atoms with Crippen molar-refractivity contribution < 1.29 is 0 Å². The SMILES string of the molecule is CC/C=C/c1nn(C(C)(C)C)c(=O)n1Cc1ccc(-c2ccccc2C2NNNN2)cc1. The number of hydrazine groups is 3. The highest BCUT2D eigenvalue weighted by molar-refractivity contribution is 5.68. The minimum atomic E-state index is -0.378. The molecule has 0 bridgehead atoms. The Morgan fingerprint density at radius 2 is 1.72 bits per heavy atom.